The first-order chi connectivity index (χ1) is 8.09. The van der Waals surface area contributed by atoms with Crippen molar-refractivity contribution >= 4 is 8.32 Å². The maximum absolute atomic E-state index is 6.26. The average Bonchev–Trinajstić information content (AvgIpc) is 3.06. The Morgan fingerprint density at radius 2 is 2.12 bits per heavy atom. The molecule has 0 spiro atoms. The van der Waals surface area contributed by atoms with Crippen LogP contribution in [0.15, 0.2) is 0 Å². The van der Waals surface area contributed by atoms with E-state index in [1.807, 2.05) is 0 Å². The van der Waals surface area contributed by atoms with Gasteiger partial charge in [0.05, 0.1) is 19.3 Å². The highest BCUT2D eigenvalue weighted by Crippen LogP contribution is 2.29. The van der Waals surface area contributed by atoms with Crippen LogP contribution in [0.25, 0.3) is 0 Å². The Kier molecular flexibility index (Phi) is 4.63. The second-order valence-electron chi connectivity index (χ2n) is 5.95. The number of hydrogen-bond acceptors (Lipinski definition) is 3. The van der Waals surface area contributed by atoms with Crippen LogP contribution in [0.3, 0.4) is 0 Å². The van der Waals surface area contributed by atoms with Crippen molar-refractivity contribution < 1.29 is 13.9 Å². The normalized spacial score (nSPS) is 33.4. The Morgan fingerprint density at radius 3 is 2.71 bits per heavy atom. The molecule has 0 radical (unpaired) electrons. The van der Waals surface area contributed by atoms with Crippen molar-refractivity contribution in [2.45, 2.75) is 70.1 Å². The third-order valence-corrected chi connectivity index (χ3v) is 6.22. The summed E-state index contributed by atoms with van der Waals surface area (Å²) in [5, 5.41) is 0. The Labute approximate surface area is 106 Å². The van der Waals surface area contributed by atoms with Crippen LogP contribution < -0.4 is 0 Å². The topological polar surface area (TPSA) is 31.0 Å². The molecule has 0 saturated carbocycles. The highest BCUT2D eigenvalue weighted by molar-refractivity contribution is 6.71. The first kappa shape index (κ1) is 13.5. The van der Waals surface area contributed by atoms with Crippen molar-refractivity contribution in [3.05, 3.63) is 0 Å². The van der Waals surface area contributed by atoms with Crippen LogP contribution >= 0.6 is 0 Å². The summed E-state index contributed by atoms with van der Waals surface area (Å²) in [4.78, 5) is 0. The van der Waals surface area contributed by atoms with E-state index >= 15 is 0 Å². The smallest absolute Gasteiger partial charge is 0.187 e. The molecular weight excluding hydrogens is 232 g/mol. The van der Waals surface area contributed by atoms with Gasteiger partial charge in [0.15, 0.2) is 8.32 Å². The van der Waals surface area contributed by atoms with Gasteiger partial charge in [-0.1, -0.05) is 13.3 Å². The zero-order valence-corrected chi connectivity index (χ0v) is 12.4. The minimum atomic E-state index is -1.35. The van der Waals surface area contributed by atoms with Crippen LogP contribution in [-0.4, -0.2) is 39.8 Å². The summed E-state index contributed by atoms with van der Waals surface area (Å²) in [5.74, 6) is 0. The molecule has 0 bridgehead atoms. The summed E-state index contributed by atoms with van der Waals surface area (Å²) < 4.78 is 17.3. The fraction of sp³-hybridized carbons (Fsp3) is 1.00. The van der Waals surface area contributed by atoms with Gasteiger partial charge >= 0.3 is 0 Å². The van der Waals surface area contributed by atoms with Gasteiger partial charge in [-0.15, -0.1) is 0 Å². The minimum absolute atomic E-state index is 0.354. The second kappa shape index (κ2) is 5.82. The van der Waals surface area contributed by atoms with Gasteiger partial charge in [0, 0.05) is 6.10 Å². The Balaban J connectivity index is 1.72. The third kappa shape index (κ3) is 4.70. The number of rotatable bonds is 6. The molecule has 2 rings (SSSR count). The fourth-order valence-electron chi connectivity index (χ4n) is 2.54. The van der Waals surface area contributed by atoms with Crippen LogP contribution in [0, 0.1) is 0 Å². The Hall–Kier alpha value is 0.0969. The minimum Gasteiger partial charge on any atom is -0.414 e. The molecule has 3 unspecified atom stereocenters. The second-order valence-corrected chi connectivity index (χ2v) is 10.2. The monoisotopic (exact) mass is 258 g/mol. The van der Waals surface area contributed by atoms with Crippen LogP contribution in [0.5, 0.6) is 0 Å². The molecule has 2 saturated heterocycles. The summed E-state index contributed by atoms with van der Waals surface area (Å²) in [7, 11) is -1.35. The van der Waals surface area contributed by atoms with Crippen molar-refractivity contribution in [1.82, 2.24) is 0 Å². The number of ether oxygens (including phenoxy) is 2. The quantitative estimate of drug-likeness (QED) is 0.542. The number of hydrogen-bond donors (Lipinski definition) is 0. The molecular formula is C13H26O3Si. The highest BCUT2D eigenvalue weighted by atomic mass is 28.4. The van der Waals surface area contributed by atoms with Gasteiger partial charge in [0.2, 0.25) is 0 Å². The predicted octanol–water partition coefficient (Wildman–Crippen LogP) is 2.95. The van der Waals surface area contributed by atoms with Gasteiger partial charge < -0.3 is 13.9 Å². The van der Waals surface area contributed by atoms with E-state index in [0.29, 0.717) is 18.3 Å². The van der Waals surface area contributed by atoms with E-state index in [4.69, 9.17) is 13.9 Å². The van der Waals surface area contributed by atoms with Crippen molar-refractivity contribution in [3.8, 4) is 0 Å². The van der Waals surface area contributed by atoms with Crippen LogP contribution in [-0.2, 0) is 13.9 Å². The number of epoxide rings is 1. The first-order valence-corrected chi connectivity index (χ1v) is 10.1. The summed E-state index contributed by atoms with van der Waals surface area (Å²) in [6, 6.07) is 1.32. The molecule has 17 heavy (non-hydrogen) atoms. The fourth-order valence-corrected chi connectivity index (χ4v) is 4.83. The van der Waals surface area contributed by atoms with Crippen molar-refractivity contribution in [1.29, 1.82) is 0 Å². The average molecular weight is 258 g/mol. The van der Waals surface area contributed by atoms with E-state index in [-0.39, 0.29) is 0 Å². The van der Waals surface area contributed by atoms with Gasteiger partial charge in [0.1, 0.15) is 6.10 Å². The summed E-state index contributed by atoms with van der Waals surface area (Å²) in [6.45, 7) is 8.52. The molecule has 0 aliphatic carbocycles. The lowest BCUT2D eigenvalue weighted by molar-refractivity contribution is 0.00430. The molecule has 4 heteroatoms. The summed E-state index contributed by atoms with van der Waals surface area (Å²) in [6.07, 6.45) is 5.88. The molecule has 3 atom stereocenters. The van der Waals surface area contributed by atoms with Gasteiger partial charge in [-0.2, -0.15) is 0 Å². The lowest BCUT2D eigenvalue weighted by Crippen LogP contribution is -2.41. The van der Waals surface area contributed by atoms with E-state index in [0.717, 1.165) is 26.1 Å². The Morgan fingerprint density at radius 1 is 1.35 bits per heavy atom. The van der Waals surface area contributed by atoms with Gasteiger partial charge in [-0.05, 0) is 38.4 Å². The molecule has 0 aromatic rings. The molecule has 0 amide bonds. The van der Waals surface area contributed by atoms with Crippen LogP contribution in [0.2, 0.25) is 19.1 Å². The standard InChI is InChI=1S/C13H26O3Si/c1-4-11(14-9-13-10-15-13)8-12-6-5-7-17(2,3)16-12/h11-13H,4-10H2,1-3H3. The Bertz CT molecular complexity index is 241. The lowest BCUT2D eigenvalue weighted by atomic mass is 10.1. The van der Waals surface area contributed by atoms with Gasteiger partial charge in [-0.25, -0.2) is 0 Å². The molecule has 100 valence electrons. The zero-order chi connectivity index (χ0) is 12.3. The van der Waals surface area contributed by atoms with Crippen molar-refractivity contribution in [2.24, 2.45) is 0 Å². The van der Waals surface area contributed by atoms with E-state index in [2.05, 4.69) is 20.0 Å². The maximum atomic E-state index is 6.26. The largest absolute Gasteiger partial charge is 0.414 e. The highest BCUT2D eigenvalue weighted by Gasteiger charge is 2.32. The molecule has 2 fully saturated rings. The predicted molar refractivity (Wildman–Crippen MR) is 70.8 cm³/mol. The summed E-state index contributed by atoms with van der Waals surface area (Å²) in [5.41, 5.74) is 0. The third-order valence-electron chi connectivity index (χ3n) is 3.69. The van der Waals surface area contributed by atoms with Gasteiger partial charge in [0.25, 0.3) is 0 Å². The first-order valence-electron chi connectivity index (χ1n) is 7.00. The zero-order valence-electron chi connectivity index (χ0n) is 11.4. The van der Waals surface area contributed by atoms with E-state index in [1.54, 1.807) is 0 Å². The molecule has 0 aromatic heterocycles. The lowest BCUT2D eigenvalue weighted by Gasteiger charge is -2.36. The summed E-state index contributed by atoms with van der Waals surface area (Å²) >= 11 is 0. The van der Waals surface area contributed by atoms with E-state index < -0.39 is 8.32 Å². The van der Waals surface area contributed by atoms with E-state index in [1.165, 1.54) is 18.9 Å². The van der Waals surface area contributed by atoms with Crippen LogP contribution in [0.4, 0.5) is 0 Å². The van der Waals surface area contributed by atoms with E-state index in [9.17, 15) is 0 Å². The molecule has 3 nitrogen and oxygen atoms in total. The molecule has 2 aliphatic heterocycles. The maximum Gasteiger partial charge on any atom is 0.187 e. The molecule has 0 N–H and O–H groups in total. The van der Waals surface area contributed by atoms with Gasteiger partial charge in [-0.3, -0.25) is 0 Å². The van der Waals surface area contributed by atoms with Crippen molar-refractivity contribution in [3.63, 3.8) is 0 Å². The molecule has 2 heterocycles. The molecule has 2 aliphatic rings. The van der Waals surface area contributed by atoms with Crippen molar-refractivity contribution in [2.75, 3.05) is 13.2 Å². The molecule has 0 aromatic carbocycles. The SMILES string of the molecule is CCC(CC1CCC[Si](C)(C)O1)OCC1CO1. The van der Waals surface area contributed by atoms with Crippen LogP contribution in [0.1, 0.15) is 32.6 Å².